The Morgan fingerprint density at radius 3 is 2.77 bits per heavy atom. The van der Waals surface area contributed by atoms with Gasteiger partial charge in [0.2, 0.25) is 5.91 Å². The lowest BCUT2D eigenvalue weighted by Gasteiger charge is -2.30. The first-order chi connectivity index (χ1) is 14.4. The molecule has 0 saturated heterocycles. The van der Waals surface area contributed by atoms with E-state index in [4.69, 9.17) is 19.4 Å². The first-order valence-corrected chi connectivity index (χ1v) is 11.7. The van der Waals surface area contributed by atoms with Gasteiger partial charge >= 0.3 is 0 Å². The Morgan fingerprint density at radius 2 is 2.07 bits per heavy atom. The number of carbonyl (C=O) groups is 1. The number of methoxy groups -OCH3 is 1. The Kier molecular flexibility index (Phi) is 5.99. The second kappa shape index (κ2) is 8.53. The van der Waals surface area contributed by atoms with E-state index in [1.807, 2.05) is 31.2 Å². The number of nitrogens with one attached hydrogen (secondary N) is 1. The van der Waals surface area contributed by atoms with E-state index in [0.717, 1.165) is 45.3 Å². The summed E-state index contributed by atoms with van der Waals surface area (Å²) in [6.45, 7) is 6.87. The van der Waals surface area contributed by atoms with Crippen LogP contribution < -0.4 is 10.1 Å². The summed E-state index contributed by atoms with van der Waals surface area (Å²) in [5.74, 6) is 1.78. The van der Waals surface area contributed by atoms with Crippen LogP contribution in [-0.2, 0) is 29.0 Å². The number of aryl methyl sites for hydroxylation is 1. The molecule has 1 aromatic carbocycles. The van der Waals surface area contributed by atoms with E-state index < -0.39 is 0 Å². The molecule has 0 saturated carbocycles. The molecule has 0 fully saturated rings. The summed E-state index contributed by atoms with van der Waals surface area (Å²) < 4.78 is 11.1. The Balaban J connectivity index is 1.56. The van der Waals surface area contributed by atoms with Crippen LogP contribution in [0.3, 0.4) is 0 Å². The second-order valence-electron chi connectivity index (χ2n) is 7.77. The highest BCUT2D eigenvalue weighted by Gasteiger charge is 2.31. The van der Waals surface area contributed by atoms with Crippen LogP contribution in [0.15, 0.2) is 29.3 Å². The number of benzene rings is 1. The fourth-order valence-electron chi connectivity index (χ4n) is 3.42. The maximum Gasteiger partial charge on any atom is 0.234 e. The van der Waals surface area contributed by atoms with Crippen molar-refractivity contribution in [1.29, 1.82) is 0 Å². The van der Waals surface area contributed by atoms with E-state index in [-0.39, 0.29) is 17.3 Å². The van der Waals surface area contributed by atoms with Gasteiger partial charge in [0.1, 0.15) is 21.4 Å². The number of ether oxygens (including phenoxy) is 2. The standard InChI is InChI=1S/C22H25N3O3S2/c1-5-17-24-20(29-12-18(26)23-13-6-8-14(27-4)9-7-13)19-15-10-22(2,3)28-11-16(15)30-21(19)25-17/h6-9H,5,10-12H2,1-4H3,(H,23,26). The van der Waals surface area contributed by atoms with E-state index in [2.05, 4.69) is 19.2 Å². The van der Waals surface area contributed by atoms with Crippen molar-refractivity contribution >= 4 is 44.9 Å². The summed E-state index contributed by atoms with van der Waals surface area (Å²) in [6.07, 6.45) is 1.58. The van der Waals surface area contributed by atoms with E-state index in [1.165, 1.54) is 22.2 Å². The van der Waals surface area contributed by atoms with Gasteiger partial charge in [-0.1, -0.05) is 18.7 Å². The van der Waals surface area contributed by atoms with Crippen LogP contribution in [0.25, 0.3) is 10.2 Å². The van der Waals surface area contributed by atoms with E-state index in [9.17, 15) is 4.79 Å². The van der Waals surface area contributed by atoms with Gasteiger partial charge in [-0.2, -0.15) is 0 Å². The van der Waals surface area contributed by atoms with Crippen molar-refractivity contribution in [3.63, 3.8) is 0 Å². The number of fused-ring (bicyclic) bond motifs is 3. The third kappa shape index (κ3) is 4.45. The van der Waals surface area contributed by atoms with Gasteiger partial charge in [0.05, 0.1) is 25.1 Å². The molecule has 0 unspecified atom stereocenters. The predicted octanol–water partition coefficient (Wildman–Crippen LogP) is 4.84. The Labute approximate surface area is 184 Å². The van der Waals surface area contributed by atoms with Crippen molar-refractivity contribution in [1.82, 2.24) is 9.97 Å². The van der Waals surface area contributed by atoms with Crippen molar-refractivity contribution in [2.24, 2.45) is 0 Å². The van der Waals surface area contributed by atoms with Gasteiger partial charge in [0, 0.05) is 28.8 Å². The number of carbonyl (C=O) groups excluding carboxylic acids is 1. The highest BCUT2D eigenvalue weighted by Crippen LogP contribution is 2.41. The third-order valence-electron chi connectivity index (χ3n) is 4.97. The van der Waals surface area contributed by atoms with Crippen molar-refractivity contribution in [3.05, 3.63) is 40.5 Å². The summed E-state index contributed by atoms with van der Waals surface area (Å²) in [7, 11) is 1.62. The molecule has 0 atom stereocenters. The molecule has 1 N–H and O–H groups in total. The molecule has 6 nitrogen and oxygen atoms in total. The largest absolute Gasteiger partial charge is 0.497 e. The molecule has 8 heteroatoms. The Morgan fingerprint density at radius 1 is 1.30 bits per heavy atom. The molecule has 0 spiro atoms. The fraction of sp³-hybridized carbons (Fsp3) is 0.409. The fourth-order valence-corrected chi connectivity index (χ4v) is 5.48. The molecule has 0 aliphatic carbocycles. The summed E-state index contributed by atoms with van der Waals surface area (Å²) >= 11 is 3.15. The van der Waals surface area contributed by atoms with Crippen LogP contribution in [0.1, 0.15) is 37.0 Å². The molecule has 30 heavy (non-hydrogen) atoms. The highest BCUT2D eigenvalue weighted by molar-refractivity contribution is 8.00. The molecular formula is C22H25N3O3S2. The van der Waals surface area contributed by atoms with Gasteiger partial charge in [0.15, 0.2) is 0 Å². The zero-order valence-electron chi connectivity index (χ0n) is 17.6. The van der Waals surface area contributed by atoms with E-state index >= 15 is 0 Å². The summed E-state index contributed by atoms with van der Waals surface area (Å²) in [5, 5.41) is 4.91. The lowest BCUT2D eigenvalue weighted by atomic mass is 9.95. The highest BCUT2D eigenvalue weighted by atomic mass is 32.2. The van der Waals surface area contributed by atoms with Crippen LogP contribution in [0.5, 0.6) is 5.75 Å². The number of hydrogen-bond donors (Lipinski definition) is 1. The number of aromatic nitrogens is 2. The lowest BCUT2D eigenvalue weighted by Crippen LogP contribution is -2.31. The molecular weight excluding hydrogens is 418 g/mol. The lowest BCUT2D eigenvalue weighted by molar-refractivity contribution is -0.113. The van der Waals surface area contributed by atoms with Gasteiger partial charge < -0.3 is 14.8 Å². The monoisotopic (exact) mass is 443 g/mol. The molecule has 0 bridgehead atoms. The first kappa shape index (κ1) is 21.1. The number of nitrogens with zero attached hydrogens (tertiary/aromatic N) is 2. The minimum Gasteiger partial charge on any atom is -0.497 e. The molecule has 4 rings (SSSR count). The third-order valence-corrected chi connectivity index (χ3v) is 7.05. The molecule has 1 aliphatic rings. The maximum absolute atomic E-state index is 12.5. The SMILES string of the molecule is CCc1nc(SCC(=O)Nc2ccc(OC)cc2)c2c3c(sc2n1)COC(C)(C)C3. The maximum atomic E-state index is 12.5. The second-order valence-corrected chi connectivity index (χ2v) is 9.82. The van der Waals surface area contributed by atoms with Crippen LogP contribution in [0.2, 0.25) is 0 Å². The van der Waals surface area contributed by atoms with Crippen molar-refractivity contribution in [3.8, 4) is 5.75 Å². The van der Waals surface area contributed by atoms with E-state index in [1.54, 1.807) is 18.4 Å². The zero-order valence-corrected chi connectivity index (χ0v) is 19.2. The molecule has 3 aromatic rings. The Bertz CT molecular complexity index is 1080. The van der Waals surface area contributed by atoms with Crippen molar-refractivity contribution < 1.29 is 14.3 Å². The molecule has 158 valence electrons. The van der Waals surface area contributed by atoms with Gasteiger partial charge in [-0.3, -0.25) is 4.79 Å². The predicted molar refractivity (Wildman–Crippen MR) is 122 cm³/mol. The molecule has 2 aromatic heterocycles. The van der Waals surface area contributed by atoms with Gasteiger partial charge in [-0.15, -0.1) is 11.3 Å². The first-order valence-electron chi connectivity index (χ1n) is 9.90. The normalized spacial score (nSPS) is 15.1. The van der Waals surface area contributed by atoms with Gasteiger partial charge in [-0.25, -0.2) is 9.97 Å². The van der Waals surface area contributed by atoms with Crippen molar-refractivity contribution in [2.75, 3.05) is 18.2 Å². The zero-order chi connectivity index (χ0) is 21.3. The minimum atomic E-state index is -0.210. The average molecular weight is 444 g/mol. The summed E-state index contributed by atoms with van der Waals surface area (Å²) in [5.41, 5.74) is 1.81. The number of amides is 1. The van der Waals surface area contributed by atoms with Crippen LogP contribution >= 0.6 is 23.1 Å². The number of thioether (sulfide) groups is 1. The molecule has 3 heterocycles. The van der Waals surface area contributed by atoms with Crippen LogP contribution in [-0.4, -0.2) is 34.3 Å². The van der Waals surface area contributed by atoms with E-state index in [0.29, 0.717) is 6.61 Å². The topological polar surface area (TPSA) is 73.3 Å². The van der Waals surface area contributed by atoms with Gasteiger partial charge in [0.25, 0.3) is 0 Å². The summed E-state index contributed by atoms with van der Waals surface area (Å²) in [4.78, 5) is 24.3. The smallest absolute Gasteiger partial charge is 0.234 e. The average Bonchev–Trinajstić information content (AvgIpc) is 3.09. The number of anilines is 1. The molecule has 1 amide bonds. The van der Waals surface area contributed by atoms with Crippen LogP contribution in [0, 0.1) is 0 Å². The minimum absolute atomic E-state index is 0.0669. The number of hydrogen-bond acceptors (Lipinski definition) is 7. The quantitative estimate of drug-likeness (QED) is 0.434. The molecule has 1 aliphatic heterocycles. The molecule has 0 radical (unpaired) electrons. The number of thiophene rings is 1. The van der Waals surface area contributed by atoms with Gasteiger partial charge in [-0.05, 0) is 43.7 Å². The Hall–Kier alpha value is -2.16. The van der Waals surface area contributed by atoms with Crippen molar-refractivity contribution in [2.45, 2.75) is 50.8 Å². The van der Waals surface area contributed by atoms with Crippen LogP contribution in [0.4, 0.5) is 5.69 Å². The summed E-state index contributed by atoms with van der Waals surface area (Å²) in [6, 6.07) is 7.31. The number of rotatable bonds is 6.